The molecule has 0 fully saturated rings. The molecule has 0 bridgehead atoms. The molecule has 7 nitrogen and oxygen atoms in total. The van der Waals surface area contributed by atoms with Gasteiger partial charge >= 0.3 is 0 Å². The highest BCUT2D eigenvalue weighted by atomic mass is 32.2. The van der Waals surface area contributed by atoms with Crippen LogP contribution < -0.4 is 4.74 Å². The molecule has 0 radical (unpaired) electrons. The molecule has 2 atom stereocenters. The molecule has 37 heavy (non-hydrogen) atoms. The maximum absolute atomic E-state index is 12.9. The molecule has 192 valence electrons. The third-order valence-corrected chi connectivity index (χ3v) is 7.91. The van der Waals surface area contributed by atoms with E-state index in [0.717, 1.165) is 11.5 Å². The van der Waals surface area contributed by atoms with E-state index in [4.69, 9.17) is 4.74 Å². The van der Waals surface area contributed by atoms with E-state index >= 15 is 0 Å². The molecule has 9 heteroatoms. The van der Waals surface area contributed by atoms with Crippen molar-refractivity contribution in [1.82, 2.24) is 0 Å². The van der Waals surface area contributed by atoms with E-state index in [-0.39, 0.29) is 58.2 Å². The van der Waals surface area contributed by atoms with Crippen LogP contribution in [0.15, 0.2) is 36.4 Å². The van der Waals surface area contributed by atoms with E-state index in [2.05, 4.69) is 0 Å². The van der Waals surface area contributed by atoms with Crippen molar-refractivity contribution in [2.24, 2.45) is 11.8 Å². The fraction of sp³-hybridized carbons (Fsp3) is 0.357. The van der Waals surface area contributed by atoms with Gasteiger partial charge in [-0.05, 0) is 73.3 Å². The Kier molecular flexibility index (Phi) is 8.44. The molecule has 0 saturated carbocycles. The summed E-state index contributed by atoms with van der Waals surface area (Å²) in [5, 5.41) is 0. The Bertz CT molecular complexity index is 1210. The van der Waals surface area contributed by atoms with Crippen molar-refractivity contribution >= 4 is 58.2 Å². The number of rotatable bonds is 12. The normalized spacial score (nSPS) is 18.2. The summed E-state index contributed by atoms with van der Waals surface area (Å²) in [5.41, 5.74) is 0.652. The Labute approximate surface area is 223 Å². The van der Waals surface area contributed by atoms with Crippen LogP contribution in [0, 0.1) is 11.8 Å². The second-order valence-electron chi connectivity index (χ2n) is 8.97. The third kappa shape index (κ3) is 5.33. The van der Waals surface area contributed by atoms with Gasteiger partial charge in [0, 0.05) is 35.1 Å². The van der Waals surface area contributed by atoms with E-state index in [0.29, 0.717) is 12.8 Å². The zero-order chi connectivity index (χ0) is 26.7. The summed E-state index contributed by atoms with van der Waals surface area (Å²) >= 11 is 3.19. The number of Topliss-reactive ketones (excluding diaryl/α,β-unsaturated/α-hetero) is 6. The zero-order valence-electron chi connectivity index (χ0n) is 20.5. The Hall–Kier alpha value is -3.04. The van der Waals surface area contributed by atoms with Gasteiger partial charge < -0.3 is 4.74 Å². The first-order valence-electron chi connectivity index (χ1n) is 11.9. The molecule has 4 rings (SSSR count). The highest BCUT2D eigenvalue weighted by molar-refractivity contribution is 7.98. The molecule has 2 aromatic carbocycles. The summed E-state index contributed by atoms with van der Waals surface area (Å²) < 4.78 is 5.84. The Morgan fingerprint density at radius 2 is 1.03 bits per heavy atom. The van der Waals surface area contributed by atoms with Crippen LogP contribution in [0.2, 0.25) is 0 Å². The molecule has 0 heterocycles. The molecule has 0 spiro atoms. The Morgan fingerprint density at radius 1 is 0.649 bits per heavy atom. The summed E-state index contributed by atoms with van der Waals surface area (Å²) in [6, 6.07) is 8.80. The fourth-order valence-corrected chi connectivity index (χ4v) is 5.53. The van der Waals surface area contributed by atoms with Crippen molar-refractivity contribution in [3.05, 3.63) is 58.7 Å². The molecule has 2 aliphatic rings. The van der Waals surface area contributed by atoms with Crippen LogP contribution in [0.5, 0.6) is 11.5 Å². The number of benzene rings is 2. The highest BCUT2D eigenvalue weighted by Crippen LogP contribution is 2.35. The average Bonchev–Trinajstić information content (AvgIpc) is 3.27. The van der Waals surface area contributed by atoms with Gasteiger partial charge in [-0.1, -0.05) is 0 Å². The maximum Gasteiger partial charge on any atom is 0.182 e. The third-order valence-electron chi connectivity index (χ3n) is 6.52. The molecule has 0 N–H and O–H groups in total. The van der Waals surface area contributed by atoms with Gasteiger partial charge in [-0.15, -0.1) is 0 Å². The molecule has 0 aromatic heterocycles. The minimum atomic E-state index is -1.30. The minimum Gasteiger partial charge on any atom is -0.457 e. The first-order valence-corrected chi connectivity index (χ1v) is 14.7. The molecular formula is C28H26O7S2. The van der Waals surface area contributed by atoms with Crippen molar-refractivity contribution in [2.75, 3.05) is 24.0 Å². The monoisotopic (exact) mass is 538 g/mol. The van der Waals surface area contributed by atoms with Gasteiger partial charge in [0.25, 0.3) is 0 Å². The lowest BCUT2D eigenvalue weighted by atomic mass is 9.95. The molecule has 0 amide bonds. The lowest BCUT2D eigenvalue weighted by Crippen LogP contribution is -2.25. The van der Waals surface area contributed by atoms with Gasteiger partial charge in [0.1, 0.15) is 23.3 Å². The summed E-state index contributed by atoms with van der Waals surface area (Å²) in [4.78, 5) is 76.3. The minimum absolute atomic E-state index is 0.133. The van der Waals surface area contributed by atoms with E-state index < -0.39 is 35.0 Å². The first-order chi connectivity index (χ1) is 17.8. The van der Waals surface area contributed by atoms with Gasteiger partial charge in [0.2, 0.25) is 0 Å². The molecule has 0 aliphatic heterocycles. The number of ketones is 6. The highest BCUT2D eigenvalue weighted by Gasteiger charge is 2.44. The van der Waals surface area contributed by atoms with Crippen LogP contribution in [0.25, 0.3) is 0 Å². The lowest BCUT2D eigenvalue weighted by molar-refractivity contribution is -0.121. The van der Waals surface area contributed by atoms with Gasteiger partial charge in [-0.25, -0.2) is 0 Å². The average molecular weight is 539 g/mol. The predicted octanol–water partition coefficient (Wildman–Crippen LogP) is 4.89. The molecule has 2 unspecified atom stereocenters. The molecule has 2 aromatic rings. The van der Waals surface area contributed by atoms with E-state index in [9.17, 15) is 28.8 Å². The van der Waals surface area contributed by atoms with Crippen molar-refractivity contribution in [3.8, 4) is 11.5 Å². The van der Waals surface area contributed by atoms with Gasteiger partial charge in [-0.3, -0.25) is 28.8 Å². The standard InChI is InChI=1S/C28H26O7S2/c1-36-11-3-5-21(29)23-25(31)17-9-7-15(13-19(17)27(23)33)35-16-8-10-18-20(14-16)28(34)24(26(18)32)22(30)6-4-12-37-2/h7-10,13-14,23-24H,3-6,11-12H2,1-2H3. The largest absolute Gasteiger partial charge is 0.457 e. The SMILES string of the molecule is CSCCCC(=O)C1C(=O)c2ccc(Oc3ccc4c(c3)C(=O)C(C(=O)CCCSC)C4=O)cc2C1=O. The Morgan fingerprint density at radius 3 is 1.41 bits per heavy atom. The van der Waals surface area contributed by atoms with E-state index in [1.807, 2.05) is 12.5 Å². The molecule has 2 aliphatic carbocycles. The summed E-state index contributed by atoms with van der Waals surface area (Å²) in [6.07, 6.45) is 5.40. The van der Waals surface area contributed by atoms with Crippen LogP contribution in [0.4, 0.5) is 0 Å². The summed E-state index contributed by atoms with van der Waals surface area (Å²) in [7, 11) is 0. The quantitative estimate of drug-likeness (QED) is 0.275. The van der Waals surface area contributed by atoms with Crippen molar-refractivity contribution < 1.29 is 33.5 Å². The first kappa shape index (κ1) is 27.0. The van der Waals surface area contributed by atoms with Crippen molar-refractivity contribution in [3.63, 3.8) is 0 Å². The maximum atomic E-state index is 12.9. The number of hydrogen-bond donors (Lipinski definition) is 0. The smallest absolute Gasteiger partial charge is 0.182 e. The van der Waals surface area contributed by atoms with Gasteiger partial charge in [-0.2, -0.15) is 23.5 Å². The molecular weight excluding hydrogens is 512 g/mol. The van der Waals surface area contributed by atoms with E-state index in [1.54, 1.807) is 23.5 Å². The van der Waals surface area contributed by atoms with Crippen LogP contribution in [-0.2, 0) is 9.59 Å². The van der Waals surface area contributed by atoms with Gasteiger partial charge in [0.05, 0.1) is 0 Å². The number of hydrogen-bond acceptors (Lipinski definition) is 9. The number of ether oxygens (including phenoxy) is 1. The lowest BCUT2D eigenvalue weighted by Gasteiger charge is -2.08. The number of carbonyl (C=O) groups is 6. The topological polar surface area (TPSA) is 112 Å². The van der Waals surface area contributed by atoms with Crippen molar-refractivity contribution in [2.45, 2.75) is 25.7 Å². The molecule has 0 saturated heterocycles. The van der Waals surface area contributed by atoms with Crippen LogP contribution in [0.1, 0.15) is 67.1 Å². The van der Waals surface area contributed by atoms with Crippen LogP contribution in [0.3, 0.4) is 0 Å². The van der Waals surface area contributed by atoms with Crippen LogP contribution in [-0.4, -0.2) is 58.7 Å². The van der Waals surface area contributed by atoms with Gasteiger partial charge in [0.15, 0.2) is 34.7 Å². The van der Waals surface area contributed by atoms with Crippen molar-refractivity contribution in [1.29, 1.82) is 0 Å². The number of thioether (sulfide) groups is 2. The van der Waals surface area contributed by atoms with E-state index in [1.165, 1.54) is 36.4 Å². The van der Waals surface area contributed by atoms with Crippen LogP contribution >= 0.6 is 23.5 Å². The second kappa shape index (κ2) is 11.6. The number of carbonyl (C=O) groups excluding carboxylic acids is 6. The number of fused-ring (bicyclic) bond motifs is 2. The summed E-state index contributed by atoms with van der Waals surface area (Å²) in [6.45, 7) is 0. The fourth-order valence-electron chi connectivity index (χ4n) is 4.66. The predicted molar refractivity (Wildman–Crippen MR) is 143 cm³/mol. The zero-order valence-corrected chi connectivity index (χ0v) is 22.2. The summed E-state index contributed by atoms with van der Waals surface area (Å²) in [5.74, 6) is -3.36. The Balaban J connectivity index is 1.50. The second-order valence-corrected chi connectivity index (χ2v) is 10.9.